The van der Waals surface area contributed by atoms with Gasteiger partial charge in [-0.1, -0.05) is 51.4 Å². The Kier molecular flexibility index (Phi) is 6.13. The van der Waals surface area contributed by atoms with Crippen LogP contribution in [0.4, 0.5) is 0 Å². The van der Waals surface area contributed by atoms with Crippen LogP contribution < -0.4 is 5.56 Å². The second-order valence-corrected chi connectivity index (χ2v) is 6.47. The van der Waals surface area contributed by atoms with Crippen LogP contribution in [-0.4, -0.2) is 32.8 Å². The second-order valence-electron chi connectivity index (χ2n) is 6.06. The summed E-state index contributed by atoms with van der Waals surface area (Å²) in [6.45, 7) is 11.7. The largest absolute Gasteiger partial charge is 0.290 e. The fraction of sp³-hybridized carbons (Fsp3) is 0.500. The molecular formula is C18H25ClN4O. The molecule has 1 unspecified atom stereocenters. The molecule has 130 valence electrons. The molecule has 1 atom stereocenters. The fourth-order valence-electron chi connectivity index (χ4n) is 2.74. The summed E-state index contributed by atoms with van der Waals surface area (Å²) in [5, 5.41) is 5.11. The summed E-state index contributed by atoms with van der Waals surface area (Å²) in [7, 11) is 0. The van der Waals surface area contributed by atoms with Crippen LogP contribution in [0, 0.1) is 0 Å². The molecule has 0 N–H and O–H groups in total. The van der Waals surface area contributed by atoms with Gasteiger partial charge in [-0.05, 0) is 32.1 Å². The minimum atomic E-state index is -0.144. The lowest BCUT2D eigenvalue weighted by molar-refractivity contribution is 0.152. The Balaban J connectivity index is 2.67. The van der Waals surface area contributed by atoms with Gasteiger partial charge < -0.3 is 0 Å². The smallest absolute Gasteiger partial charge is 0.283 e. The van der Waals surface area contributed by atoms with E-state index in [2.05, 4.69) is 28.8 Å². The number of aromatic nitrogens is 3. The van der Waals surface area contributed by atoms with Gasteiger partial charge in [0, 0.05) is 11.5 Å². The summed E-state index contributed by atoms with van der Waals surface area (Å²) in [5.41, 5.74) is 1.11. The van der Waals surface area contributed by atoms with Crippen molar-refractivity contribution in [1.29, 1.82) is 0 Å². The van der Waals surface area contributed by atoms with Crippen LogP contribution in [0.2, 0.25) is 5.02 Å². The highest BCUT2D eigenvalue weighted by molar-refractivity contribution is 6.33. The van der Waals surface area contributed by atoms with Crippen molar-refractivity contribution in [1.82, 2.24) is 19.7 Å². The molecule has 0 saturated heterocycles. The average molecular weight is 349 g/mol. The van der Waals surface area contributed by atoms with E-state index in [1.165, 1.54) is 4.68 Å². The average Bonchev–Trinajstić information content (AvgIpc) is 2.56. The van der Waals surface area contributed by atoms with E-state index in [0.717, 1.165) is 18.7 Å². The molecule has 0 fully saturated rings. The summed E-state index contributed by atoms with van der Waals surface area (Å²) in [5.74, 6) is 0.500. The van der Waals surface area contributed by atoms with Gasteiger partial charge in [0.05, 0.1) is 5.02 Å². The molecule has 1 heterocycles. The first-order valence-electron chi connectivity index (χ1n) is 8.40. The molecule has 1 aromatic carbocycles. The molecule has 0 aliphatic heterocycles. The summed E-state index contributed by atoms with van der Waals surface area (Å²) in [4.78, 5) is 19.5. The lowest BCUT2D eigenvalue weighted by Gasteiger charge is -2.27. The molecule has 5 nitrogen and oxygen atoms in total. The fourth-order valence-corrected chi connectivity index (χ4v) is 2.96. The van der Waals surface area contributed by atoms with Crippen molar-refractivity contribution in [2.24, 2.45) is 0 Å². The molecule has 0 bridgehead atoms. The molecule has 6 heteroatoms. The predicted molar refractivity (Wildman–Crippen MR) is 98.5 cm³/mol. The van der Waals surface area contributed by atoms with E-state index in [1.54, 1.807) is 6.07 Å². The minimum Gasteiger partial charge on any atom is -0.283 e. The first-order valence-corrected chi connectivity index (χ1v) is 8.78. The normalized spacial score (nSPS) is 12.8. The number of halogens is 1. The summed E-state index contributed by atoms with van der Waals surface area (Å²) < 4.78 is 1.54. The van der Waals surface area contributed by atoms with E-state index in [0.29, 0.717) is 16.5 Å². The molecule has 1 aromatic heterocycles. The van der Waals surface area contributed by atoms with Gasteiger partial charge in [0.1, 0.15) is 11.9 Å². The Morgan fingerprint density at radius 2 is 1.79 bits per heavy atom. The number of rotatable bonds is 6. The van der Waals surface area contributed by atoms with Crippen molar-refractivity contribution in [3.63, 3.8) is 0 Å². The zero-order valence-corrected chi connectivity index (χ0v) is 15.7. The highest BCUT2D eigenvalue weighted by Gasteiger charge is 2.21. The molecule has 24 heavy (non-hydrogen) atoms. The first-order chi connectivity index (χ1) is 11.4. The van der Waals surface area contributed by atoms with Crippen LogP contribution in [0.1, 0.15) is 52.4 Å². The maximum absolute atomic E-state index is 12.8. The van der Waals surface area contributed by atoms with Crippen LogP contribution >= 0.6 is 11.6 Å². The minimum absolute atomic E-state index is 0.0110. The van der Waals surface area contributed by atoms with Gasteiger partial charge >= 0.3 is 0 Å². The van der Waals surface area contributed by atoms with E-state index in [1.807, 2.05) is 39.0 Å². The van der Waals surface area contributed by atoms with E-state index in [4.69, 9.17) is 11.6 Å². The van der Waals surface area contributed by atoms with Crippen molar-refractivity contribution in [3.8, 4) is 11.4 Å². The molecule has 0 spiro atoms. The van der Waals surface area contributed by atoms with Gasteiger partial charge in [-0.3, -0.25) is 9.69 Å². The molecule has 2 aromatic rings. The Labute approximate surface area is 148 Å². The van der Waals surface area contributed by atoms with Crippen molar-refractivity contribution in [2.45, 2.75) is 46.7 Å². The Hall–Kier alpha value is -1.72. The Bertz CT molecular complexity index is 753. The maximum atomic E-state index is 12.8. The van der Waals surface area contributed by atoms with Gasteiger partial charge in [-0.2, -0.15) is 0 Å². The third-order valence-corrected chi connectivity index (χ3v) is 4.54. The van der Waals surface area contributed by atoms with Gasteiger partial charge in [-0.15, -0.1) is 5.10 Å². The van der Waals surface area contributed by atoms with E-state index in [-0.39, 0.29) is 17.6 Å². The Morgan fingerprint density at radius 1 is 1.17 bits per heavy atom. The van der Waals surface area contributed by atoms with Gasteiger partial charge in [0.15, 0.2) is 5.82 Å². The molecule has 0 aliphatic rings. The van der Waals surface area contributed by atoms with Crippen LogP contribution in [-0.2, 0) is 0 Å². The third kappa shape index (κ3) is 3.68. The lowest BCUT2D eigenvalue weighted by atomic mass is 10.1. The Morgan fingerprint density at radius 3 is 2.33 bits per heavy atom. The monoisotopic (exact) mass is 348 g/mol. The van der Waals surface area contributed by atoms with E-state index >= 15 is 0 Å². The topological polar surface area (TPSA) is 51.0 Å². The highest BCUT2D eigenvalue weighted by Crippen LogP contribution is 2.25. The molecule has 0 amide bonds. The maximum Gasteiger partial charge on any atom is 0.290 e. The molecule has 0 radical (unpaired) electrons. The van der Waals surface area contributed by atoms with Crippen LogP contribution in [0.15, 0.2) is 29.1 Å². The zero-order valence-electron chi connectivity index (χ0n) is 15.0. The first kappa shape index (κ1) is 18.6. The second kappa shape index (κ2) is 7.90. The third-order valence-electron chi connectivity index (χ3n) is 4.21. The number of benzene rings is 1. The van der Waals surface area contributed by atoms with Crippen molar-refractivity contribution in [3.05, 3.63) is 45.3 Å². The number of hydrogen-bond donors (Lipinski definition) is 0. The predicted octanol–water partition coefficient (Wildman–Crippen LogP) is 3.94. The van der Waals surface area contributed by atoms with E-state index in [9.17, 15) is 4.79 Å². The van der Waals surface area contributed by atoms with Crippen molar-refractivity contribution in [2.75, 3.05) is 13.1 Å². The SMILES string of the molecule is CCN(CC)C(C)n1nc(-c2ccccc2Cl)nc(C(C)C)c1=O. The van der Waals surface area contributed by atoms with Gasteiger partial charge in [0.25, 0.3) is 5.56 Å². The summed E-state index contributed by atoms with van der Waals surface area (Å²) in [6.07, 6.45) is -0.144. The van der Waals surface area contributed by atoms with Crippen LogP contribution in [0.25, 0.3) is 11.4 Å². The van der Waals surface area contributed by atoms with Crippen LogP contribution in [0.3, 0.4) is 0 Å². The molecule has 0 saturated carbocycles. The number of hydrogen-bond acceptors (Lipinski definition) is 4. The highest BCUT2D eigenvalue weighted by atomic mass is 35.5. The summed E-state index contributed by atoms with van der Waals surface area (Å²) in [6, 6.07) is 7.43. The molecule has 0 aliphatic carbocycles. The summed E-state index contributed by atoms with van der Waals surface area (Å²) >= 11 is 6.30. The quantitative estimate of drug-likeness (QED) is 0.793. The van der Waals surface area contributed by atoms with Gasteiger partial charge in [0.2, 0.25) is 0 Å². The molecule has 2 rings (SSSR count). The molecular weight excluding hydrogens is 324 g/mol. The van der Waals surface area contributed by atoms with Crippen LogP contribution in [0.5, 0.6) is 0 Å². The van der Waals surface area contributed by atoms with E-state index < -0.39 is 0 Å². The van der Waals surface area contributed by atoms with Crippen molar-refractivity contribution >= 4 is 11.6 Å². The lowest BCUT2D eigenvalue weighted by Crippen LogP contribution is -2.39. The van der Waals surface area contributed by atoms with Crippen molar-refractivity contribution < 1.29 is 0 Å². The number of nitrogens with zero attached hydrogens (tertiary/aromatic N) is 4. The zero-order chi connectivity index (χ0) is 17.9. The van der Waals surface area contributed by atoms with Gasteiger partial charge in [-0.25, -0.2) is 9.67 Å². The standard InChI is InChI=1S/C18H25ClN4O/c1-6-22(7-2)13(5)23-18(24)16(12(3)4)20-17(21-23)14-10-8-9-11-15(14)19/h8-13H,6-7H2,1-5H3.